The van der Waals surface area contributed by atoms with Crippen LogP contribution in [-0.2, 0) is 42.9 Å². The number of Topliss-reactive ketones (excluding diaryl/α,β-unsaturated/α-hetero) is 2. The zero-order chi connectivity index (χ0) is 39.9. The lowest BCUT2D eigenvalue weighted by atomic mass is 9.82. The second-order valence-corrected chi connectivity index (χ2v) is 16.5. The van der Waals surface area contributed by atoms with Crippen molar-refractivity contribution >= 4 is 23.4 Å². The Bertz CT molecular complexity index is 1380. The van der Waals surface area contributed by atoms with Crippen molar-refractivity contribution in [2.75, 3.05) is 27.9 Å². The molecule has 13 nitrogen and oxygen atoms in total. The minimum absolute atomic E-state index is 0.00603. The SMILES string of the molecule is CO[C@H]1C[C@@H](C)C/C(C)=C/CC(=O)C[C@H](O)[C@@H](C)[C@@H](/C(C)=C/C2CC[C@@H](O)[C@H](OC)C2)OC(=O)[C@@H]2CCCCN2C(=O)C(=O)[C@]2(O)O[C@H]1[C@@H](OC)C[C@H]2C. The van der Waals surface area contributed by atoms with Gasteiger partial charge in [0, 0.05) is 52.6 Å². The summed E-state index contributed by atoms with van der Waals surface area (Å²) in [6.45, 7) is 9.25. The van der Waals surface area contributed by atoms with Gasteiger partial charge in [-0.15, -0.1) is 0 Å². The monoisotopic (exact) mass is 763 g/mol. The minimum atomic E-state index is -2.49. The van der Waals surface area contributed by atoms with Crippen LogP contribution in [0.3, 0.4) is 0 Å². The summed E-state index contributed by atoms with van der Waals surface area (Å²) in [6, 6.07) is -1.13. The number of methoxy groups -OCH3 is 3. The largest absolute Gasteiger partial charge is 0.456 e. The van der Waals surface area contributed by atoms with Gasteiger partial charge in [0.15, 0.2) is 0 Å². The van der Waals surface area contributed by atoms with Gasteiger partial charge in [-0.25, -0.2) is 4.79 Å². The molecule has 1 saturated carbocycles. The van der Waals surface area contributed by atoms with Crippen LogP contribution < -0.4 is 0 Å². The van der Waals surface area contributed by atoms with Crippen LogP contribution in [0.15, 0.2) is 23.3 Å². The van der Waals surface area contributed by atoms with Crippen LogP contribution in [0.25, 0.3) is 0 Å². The topological polar surface area (TPSA) is 178 Å². The third-order valence-corrected chi connectivity index (χ3v) is 12.3. The number of ketones is 2. The van der Waals surface area contributed by atoms with Crippen molar-refractivity contribution < 1.29 is 58.2 Å². The fourth-order valence-corrected chi connectivity index (χ4v) is 8.87. The molecule has 1 aliphatic carbocycles. The molecular formula is C41H65NO12. The Morgan fingerprint density at radius 3 is 2.22 bits per heavy atom. The van der Waals surface area contributed by atoms with Crippen LogP contribution in [-0.4, -0.2) is 126 Å². The number of rotatable bonds is 5. The summed E-state index contributed by atoms with van der Waals surface area (Å²) in [5.41, 5.74) is 1.64. The zero-order valence-corrected chi connectivity index (χ0v) is 33.5. The molecule has 13 atom stereocenters. The van der Waals surface area contributed by atoms with Gasteiger partial charge in [-0.3, -0.25) is 14.4 Å². The number of nitrogens with zero attached hydrogens (tertiary/aromatic N) is 1. The molecule has 0 aromatic rings. The fraction of sp³-hybridized carbons (Fsp3) is 0.805. The predicted molar refractivity (Wildman–Crippen MR) is 199 cm³/mol. The van der Waals surface area contributed by atoms with Gasteiger partial charge < -0.3 is 43.9 Å². The van der Waals surface area contributed by atoms with E-state index in [0.29, 0.717) is 50.5 Å². The standard InChI is InChI=1S/C41H65NO12/c1-23-12-14-29(43)22-32(45)27(5)36(25(3)19-28-13-15-31(44)33(21-28)50-6)53-40(48)30-11-9-10-16-42(30)39(47)38(46)41(49)26(4)20-35(52-8)37(54-41)34(51-7)18-24(2)17-23/h12,19,24,26-28,30-37,44-45,49H,9-11,13-18,20-22H2,1-8H3/b23-12+,25-19+/t24-,26+,27+,28?,30-,31+,32-,33+,34-,35-,36+,37+,41+/m0/s1. The molecule has 1 amide bonds. The van der Waals surface area contributed by atoms with Crippen LogP contribution in [0.2, 0.25) is 0 Å². The molecule has 4 aliphatic rings. The lowest BCUT2D eigenvalue weighted by molar-refractivity contribution is -0.302. The third kappa shape index (κ3) is 10.5. The first-order chi connectivity index (χ1) is 25.5. The van der Waals surface area contributed by atoms with Gasteiger partial charge in [-0.05, 0) is 89.0 Å². The maximum Gasteiger partial charge on any atom is 0.329 e. The van der Waals surface area contributed by atoms with Crippen molar-refractivity contribution in [2.24, 2.45) is 23.7 Å². The summed E-state index contributed by atoms with van der Waals surface area (Å²) in [7, 11) is 4.61. The van der Waals surface area contributed by atoms with Gasteiger partial charge >= 0.3 is 5.97 Å². The normalized spacial score (nSPS) is 41.3. The van der Waals surface area contributed by atoms with E-state index < -0.39 is 77.9 Å². The number of ether oxygens (including phenoxy) is 5. The maximum atomic E-state index is 14.2. The van der Waals surface area contributed by atoms with E-state index in [2.05, 4.69) is 0 Å². The first kappa shape index (κ1) is 44.2. The Hall–Kier alpha value is -2.52. The minimum Gasteiger partial charge on any atom is -0.456 e. The van der Waals surface area contributed by atoms with Gasteiger partial charge in [0.25, 0.3) is 11.7 Å². The number of carbonyl (C=O) groups is 4. The van der Waals surface area contributed by atoms with Gasteiger partial charge in [0.2, 0.25) is 5.79 Å². The number of esters is 1. The zero-order valence-electron chi connectivity index (χ0n) is 33.5. The first-order valence-electron chi connectivity index (χ1n) is 19.8. The number of hydrogen-bond donors (Lipinski definition) is 3. The fourth-order valence-electron chi connectivity index (χ4n) is 8.87. The number of aliphatic hydroxyl groups excluding tert-OH is 2. The Kier molecular flexibility index (Phi) is 16.0. The van der Waals surface area contributed by atoms with Crippen LogP contribution in [0.4, 0.5) is 0 Å². The highest BCUT2D eigenvalue weighted by atomic mass is 16.7. The van der Waals surface area contributed by atoms with Crippen molar-refractivity contribution in [1.82, 2.24) is 4.90 Å². The highest BCUT2D eigenvalue weighted by Gasteiger charge is 2.56. The Balaban J connectivity index is 1.72. The average molecular weight is 764 g/mol. The summed E-state index contributed by atoms with van der Waals surface area (Å²) in [5.74, 6) is -7.07. The smallest absolute Gasteiger partial charge is 0.329 e. The quantitative estimate of drug-likeness (QED) is 0.210. The highest BCUT2D eigenvalue weighted by molar-refractivity contribution is 6.39. The number of hydrogen-bond acceptors (Lipinski definition) is 12. The van der Waals surface area contributed by atoms with Gasteiger partial charge in [-0.1, -0.05) is 38.5 Å². The number of piperidine rings is 1. The van der Waals surface area contributed by atoms with E-state index in [9.17, 15) is 34.5 Å². The maximum absolute atomic E-state index is 14.2. The molecule has 13 heteroatoms. The van der Waals surface area contributed by atoms with E-state index in [1.165, 1.54) is 19.1 Å². The molecule has 4 rings (SSSR count). The van der Waals surface area contributed by atoms with E-state index in [0.717, 1.165) is 5.57 Å². The van der Waals surface area contributed by atoms with Crippen molar-refractivity contribution in [3.8, 4) is 0 Å². The number of amides is 1. The summed E-state index contributed by atoms with van der Waals surface area (Å²) in [6.07, 6.45) is 3.27. The highest BCUT2D eigenvalue weighted by Crippen LogP contribution is 2.39. The Labute approximate surface area is 320 Å². The summed E-state index contributed by atoms with van der Waals surface area (Å²) in [4.78, 5) is 56.9. The molecule has 0 aromatic heterocycles. The Morgan fingerprint density at radius 1 is 0.889 bits per heavy atom. The summed E-state index contributed by atoms with van der Waals surface area (Å²) < 4.78 is 29.6. The molecule has 306 valence electrons. The molecule has 3 fully saturated rings. The van der Waals surface area contributed by atoms with E-state index in [-0.39, 0.29) is 56.0 Å². The molecule has 0 radical (unpaired) electrons. The average Bonchev–Trinajstić information content (AvgIpc) is 3.15. The number of aliphatic hydroxyl groups is 3. The van der Waals surface area contributed by atoms with E-state index in [4.69, 9.17) is 23.7 Å². The lowest BCUT2D eigenvalue weighted by Crippen LogP contribution is -2.64. The molecule has 3 aliphatic heterocycles. The molecular weight excluding hydrogens is 698 g/mol. The molecule has 2 bridgehead atoms. The van der Waals surface area contributed by atoms with Crippen molar-refractivity contribution in [1.29, 1.82) is 0 Å². The van der Waals surface area contributed by atoms with Crippen LogP contribution >= 0.6 is 0 Å². The molecule has 0 aromatic carbocycles. The van der Waals surface area contributed by atoms with Gasteiger partial charge in [0.1, 0.15) is 24.0 Å². The van der Waals surface area contributed by atoms with Crippen LogP contribution in [0, 0.1) is 23.7 Å². The van der Waals surface area contributed by atoms with Crippen LogP contribution in [0.1, 0.15) is 105 Å². The first-order valence-corrected chi connectivity index (χ1v) is 19.8. The number of allylic oxidation sites excluding steroid dienone is 3. The van der Waals surface area contributed by atoms with Crippen molar-refractivity contribution in [3.63, 3.8) is 0 Å². The molecule has 54 heavy (non-hydrogen) atoms. The predicted octanol–water partition coefficient (Wildman–Crippen LogP) is 3.84. The third-order valence-electron chi connectivity index (χ3n) is 12.3. The molecule has 0 spiro atoms. The number of carbonyl (C=O) groups excluding carboxylic acids is 4. The van der Waals surface area contributed by atoms with E-state index in [1.54, 1.807) is 21.0 Å². The summed E-state index contributed by atoms with van der Waals surface area (Å²) >= 11 is 0. The molecule has 2 saturated heterocycles. The van der Waals surface area contributed by atoms with Crippen molar-refractivity contribution in [2.45, 2.75) is 160 Å². The molecule has 3 N–H and O–H groups in total. The second kappa shape index (κ2) is 19.6. The summed E-state index contributed by atoms with van der Waals surface area (Å²) in [5, 5.41) is 33.8. The number of cyclic esters (lactones) is 1. The van der Waals surface area contributed by atoms with Gasteiger partial charge in [-0.2, -0.15) is 0 Å². The second-order valence-electron chi connectivity index (χ2n) is 16.5. The van der Waals surface area contributed by atoms with Crippen LogP contribution in [0.5, 0.6) is 0 Å². The molecule has 3 heterocycles. The van der Waals surface area contributed by atoms with Gasteiger partial charge in [0.05, 0.1) is 30.5 Å². The van der Waals surface area contributed by atoms with Crippen molar-refractivity contribution in [3.05, 3.63) is 23.3 Å². The number of fused-ring (bicyclic) bond motifs is 3. The van der Waals surface area contributed by atoms with E-state index >= 15 is 0 Å². The molecule has 1 unspecified atom stereocenters. The Morgan fingerprint density at radius 2 is 1.56 bits per heavy atom. The lowest BCUT2D eigenvalue weighted by Gasteiger charge is -2.47. The van der Waals surface area contributed by atoms with E-state index in [1.807, 2.05) is 32.9 Å².